The van der Waals surface area contributed by atoms with Crippen LogP contribution in [0, 0.1) is 0 Å². The number of aliphatic hydroxyl groups is 2. The molecular formula is C13H20N2O4S. The Morgan fingerprint density at radius 3 is 2.10 bits per heavy atom. The van der Waals surface area contributed by atoms with E-state index in [-0.39, 0.29) is 10.9 Å². The number of rotatable bonds is 4. The Hall–Kier alpha value is -1.15. The minimum absolute atomic E-state index is 0.163. The first kappa shape index (κ1) is 15.2. The van der Waals surface area contributed by atoms with Crippen molar-refractivity contribution in [1.29, 1.82) is 0 Å². The molecular weight excluding hydrogens is 280 g/mol. The molecule has 1 aromatic carbocycles. The predicted molar refractivity (Wildman–Crippen MR) is 76.1 cm³/mol. The molecule has 0 amide bonds. The zero-order valence-corrected chi connectivity index (χ0v) is 12.3. The van der Waals surface area contributed by atoms with Gasteiger partial charge in [-0.05, 0) is 38.1 Å². The summed E-state index contributed by atoms with van der Waals surface area (Å²) in [6.07, 6.45) is -1.53. The molecule has 2 atom stereocenters. The van der Waals surface area contributed by atoms with Crippen LogP contribution in [0.2, 0.25) is 0 Å². The first-order valence-electron chi connectivity index (χ1n) is 6.53. The molecule has 7 heteroatoms. The Labute approximate surface area is 119 Å². The maximum Gasteiger partial charge on any atom is 0.240 e. The van der Waals surface area contributed by atoms with E-state index in [1.54, 1.807) is 26.0 Å². The summed E-state index contributed by atoms with van der Waals surface area (Å²) in [5.74, 6) is 0. The quantitative estimate of drug-likeness (QED) is 0.723. The summed E-state index contributed by atoms with van der Waals surface area (Å²) in [5.41, 5.74) is 0.782. The van der Waals surface area contributed by atoms with E-state index >= 15 is 0 Å². The van der Waals surface area contributed by atoms with E-state index in [4.69, 9.17) is 0 Å². The van der Waals surface area contributed by atoms with Gasteiger partial charge >= 0.3 is 0 Å². The van der Waals surface area contributed by atoms with E-state index in [0.29, 0.717) is 13.1 Å². The molecule has 112 valence electrons. The van der Waals surface area contributed by atoms with Crippen LogP contribution in [0.3, 0.4) is 0 Å². The van der Waals surface area contributed by atoms with Crippen LogP contribution in [0.1, 0.15) is 13.8 Å². The highest BCUT2D eigenvalue weighted by molar-refractivity contribution is 7.89. The monoisotopic (exact) mass is 300 g/mol. The number of nitrogens with one attached hydrogen (secondary N) is 1. The minimum atomic E-state index is -3.49. The normalized spacial score (nSPS) is 23.6. The Kier molecular flexibility index (Phi) is 4.33. The van der Waals surface area contributed by atoms with E-state index < -0.39 is 22.2 Å². The van der Waals surface area contributed by atoms with Gasteiger partial charge in [-0.2, -0.15) is 0 Å². The highest BCUT2D eigenvalue weighted by Crippen LogP contribution is 2.22. The standard InChI is InChI=1S/C13H20N2O4S/c1-9(2)14-20(18,19)11-5-3-10(4-6-11)15-7-12(16)13(17)8-15/h3-6,9,12-14,16-17H,7-8H2,1-2H3. The van der Waals surface area contributed by atoms with Crippen molar-refractivity contribution in [2.45, 2.75) is 37.0 Å². The molecule has 0 aromatic heterocycles. The van der Waals surface area contributed by atoms with Gasteiger partial charge in [-0.3, -0.25) is 0 Å². The number of β-amino-alcohol motifs (C(OH)–C–C–N with tert-alkyl or cyclic N) is 2. The molecule has 1 fully saturated rings. The summed E-state index contributed by atoms with van der Waals surface area (Å²) in [5, 5.41) is 19.0. The minimum Gasteiger partial charge on any atom is -0.389 e. The molecule has 0 aliphatic carbocycles. The number of hydrogen-bond donors (Lipinski definition) is 3. The first-order valence-corrected chi connectivity index (χ1v) is 8.01. The van der Waals surface area contributed by atoms with Gasteiger partial charge in [0.05, 0.1) is 17.1 Å². The summed E-state index contributed by atoms with van der Waals surface area (Å²) in [7, 11) is -3.49. The zero-order chi connectivity index (χ0) is 14.9. The Morgan fingerprint density at radius 1 is 1.15 bits per heavy atom. The van der Waals surface area contributed by atoms with Crippen molar-refractivity contribution in [2.75, 3.05) is 18.0 Å². The second-order valence-corrected chi connectivity index (χ2v) is 7.02. The molecule has 3 N–H and O–H groups in total. The fourth-order valence-electron chi connectivity index (χ4n) is 2.19. The van der Waals surface area contributed by atoms with Crippen molar-refractivity contribution in [3.63, 3.8) is 0 Å². The van der Waals surface area contributed by atoms with E-state index in [1.807, 2.05) is 4.90 Å². The molecule has 1 aliphatic heterocycles. The molecule has 0 bridgehead atoms. The third-order valence-corrected chi connectivity index (χ3v) is 4.84. The van der Waals surface area contributed by atoms with Gasteiger partial charge in [0.15, 0.2) is 0 Å². The average Bonchev–Trinajstić information content (AvgIpc) is 2.68. The number of sulfonamides is 1. The van der Waals surface area contributed by atoms with Crippen LogP contribution in [-0.4, -0.2) is 50.0 Å². The lowest BCUT2D eigenvalue weighted by Gasteiger charge is -2.18. The SMILES string of the molecule is CC(C)NS(=O)(=O)c1ccc(N2CC(O)C(O)C2)cc1. The van der Waals surface area contributed by atoms with Gasteiger partial charge in [-0.15, -0.1) is 0 Å². The van der Waals surface area contributed by atoms with Crippen molar-refractivity contribution in [2.24, 2.45) is 0 Å². The number of anilines is 1. The smallest absolute Gasteiger partial charge is 0.240 e. The lowest BCUT2D eigenvalue weighted by Crippen LogP contribution is -2.30. The van der Waals surface area contributed by atoms with Gasteiger partial charge in [0.25, 0.3) is 0 Å². The maximum atomic E-state index is 12.0. The van der Waals surface area contributed by atoms with Crippen LogP contribution in [0.15, 0.2) is 29.2 Å². The third-order valence-electron chi connectivity index (χ3n) is 3.16. The van der Waals surface area contributed by atoms with Crippen LogP contribution in [-0.2, 0) is 10.0 Å². The topological polar surface area (TPSA) is 89.9 Å². The van der Waals surface area contributed by atoms with Crippen molar-refractivity contribution >= 4 is 15.7 Å². The molecule has 0 saturated carbocycles. The summed E-state index contributed by atoms with van der Waals surface area (Å²) in [6.45, 7) is 4.22. The Balaban J connectivity index is 2.15. The fourth-order valence-corrected chi connectivity index (χ4v) is 3.45. The van der Waals surface area contributed by atoms with E-state index in [0.717, 1.165) is 5.69 Å². The fraction of sp³-hybridized carbons (Fsp3) is 0.538. The van der Waals surface area contributed by atoms with E-state index in [2.05, 4.69) is 4.72 Å². The van der Waals surface area contributed by atoms with Crippen LogP contribution in [0.4, 0.5) is 5.69 Å². The molecule has 6 nitrogen and oxygen atoms in total. The van der Waals surface area contributed by atoms with Gasteiger partial charge < -0.3 is 15.1 Å². The number of nitrogens with zero attached hydrogens (tertiary/aromatic N) is 1. The van der Waals surface area contributed by atoms with E-state index in [9.17, 15) is 18.6 Å². The van der Waals surface area contributed by atoms with E-state index in [1.165, 1.54) is 12.1 Å². The van der Waals surface area contributed by atoms with Crippen LogP contribution in [0.5, 0.6) is 0 Å². The van der Waals surface area contributed by atoms with Gasteiger partial charge in [0, 0.05) is 24.8 Å². The van der Waals surface area contributed by atoms with Gasteiger partial charge in [-0.1, -0.05) is 0 Å². The Morgan fingerprint density at radius 2 is 1.65 bits per heavy atom. The molecule has 0 spiro atoms. The Bertz CT molecular complexity index is 546. The van der Waals surface area contributed by atoms with Crippen molar-refractivity contribution in [3.05, 3.63) is 24.3 Å². The molecule has 1 saturated heterocycles. The highest BCUT2D eigenvalue weighted by atomic mass is 32.2. The van der Waals surface area contributed by atoms with Crippen molar-refractivity contribution in [3.8, 4) is 0 Å². The zero-order valence-electron chi connectivity index (χ0n) is 11.5. The number of hydrogen-bond acceptors (Lipinski definition) is 5. The summed E-state index contributed by atoms with van der Waals surface area (Å²) in [6, 6.07) is 6.25. The lowest BCUT2D eigenvalue weighted by molar-refractivity contribution is 0.0572. The summed E-state index contributed by atoms with van der Waals surface area (Å²) < 4.78 is 26.5. The molecule has 2 rings (SSSR count). The molecule has 0 radical (unpaired) electrons. The second-order valence-electron chi connectivity index (χ2n) is 5.31. The van der Waals surface area contributed by atoms with Crippen LogP contribution in [0.25, 0.3) is 0 Å². The lowest BCUT2D eigenvalue weighted by atomic mass is 10.3. The van der Waals surface area contributed by atoms with Crippen molar-refractivity contribution < 1.29 is 18.6 Å². The second kappa shape index (κ2) is 5.69. The molecule has 1 aliphatic rings. The average molecular weight is 300 g/mol. The molecule has 2 unspecified atom stereocenters. The maximum absolute atomic E-state index is 12.0. The molecule has 1 aromatic rings. The van der Waals surface area contributed by atoms with Crippen molar-refractivity contribution in [1.82, 2.24) is 4.72 Å². The molecule has 20 heavy (non-hydrogen) atoms. The third kappa shape index (κ3) is 3.29. The first-order chi connectivity index (χ1) is 9.29. The number of benzene rings is 1. The summed E-state index contributed by atoms with van der Waals surface area (Å²) in [4.78, 5) is 2.02. The largest absolute Gasteiger partial charge is 0.389 e. The van der Waals surface area contributed by atoms with Crippen LogP contribution >= 0.6 is 0 Å². The number of aliphatic hydroxyl groups excluding tert-OH is 2. The molecule has 1 heterocycles. The van der Waals surface area contributed by atoms with Gasteiger partial charge in [0.2, 0.25) is 10.0 Å². The predicted octanol–water partition coefficient (Wildman–Crippen LogP) is -0.0849. The summed E-state index contributed by atoms with van der Waals surface area (Å²) >= 11 is 0. The van der Waals surface area contributed by atoms with Gasteiger partial charge in [-0.25, -0.2) is 13.1 Å². The van der Waals surface area contributed by atoms with Gasteiger partial charge in [0.1, 0.15) is 0 Å². The highest BCUT2D eigenvalue weighted by Gasteiger charge is 2.29. The van der Waals surface area contributed by atoms with Crippen LogP contribution < -0.4 is 9.62 Å².